The Morgan fingerprint density at radius 1 is 1.14 bits per heavy atom. The number of amides is 3. The molecule has 0 radical (unpaired) electrons. The zero-order chi connectivity index (χ0) is 20.8. The molecular weight excluding hydrogens is 407 g/mol. The monoisotopic (exact) mass is 423 g/mol. The Morgan fingerprint density at radius 3 is 2.62 bits per heavy atom. The molecule has 9 heteroatoms. The maximum Gasteiger partial charge on any atom is 0.418 e. The lowest BCUT2D eigenvalue weighted by Gasteiger charge is -2.42. The SMILES string of the molecule is O=C1NC2CC(c3ccccc3Cl)CCC2C(=O)N1c1cnccc1C(F)(F)F. The molecule has 1 saturated heterocycles. The van der Waals surface area contributed by atoms with E-state index in [2.05, 4.69) is 10.3 Å². The van der Waals surface area contributed by atoms with Crippen LogP contribution < -0.4 is 10.2 Å². The number of carbonyl (C=O) groups excluding carboxylic acids is 2. The summed E-state index contributed by atoms with van der Waals surface area (Å²) in [5.74, 6) is -1.16. The summed E-state index contributed by atoms with van der Waals surface area (Å²) in [7, 11) is 0. The molecule has 3 amide bonds. The Balaban J connectivity index is 1.61. The van der Waals surface area contributed by atoms with Crippen LogP contribution in [0.5, 0.6) is 0 Å². The molecule has 2 heterocycles. The Bertz CT molecular complexity index is 966. The Labute approximate surface area is 169 Å². The van der Waals surface area contributed by atoms with E-state index in [0.29, 0.717) is 29.2 Å². The molecule has 3 unspecified atom stereocenters. The number of alkyl halides is 3. The average molecular weight is 424 g/mol. The van der Waals surface area contributed by atoms with Gasteiger partial charge < -0.3 is 5.32 Å². The first-order chi connectivity index (χ1) is 13.8. The molecule has 0 bridgehead atoms. The van der Waals surface area contributed by atoms with Gasteiger partial charge in [0.05, 0.1) is 23.4 Å². The van der Waals surface area contributed by atoms with Gasteiger partial charge in [-0.25, -0.2) is 9.69 Å². The molecule has 1 aliphatic heterocycles. The second-order valence-corrected chi connectivity index (χ2v) is 7.67. The fourth-order valence-electron chi connectivity index (χ4n) is 4.24. The number of hydrogen-bond acceptors (Lipinski definition) is 3. The summed E-state index contributed by atoms with van der Waals surface area (Å²) < 4.78 is 40.1. The number of nitrogens with one attached hydrogen (secondary N) is 1. The van der Waals surface area contributed by atoms with Crippen LogP contribution >= 0.6 is 11.6 Å². The predicted octanol–water partition coefficient (Wildman–Crippen LogP) is 4.76. The van der Waals surface area contributed by atoms with Crippen molar-refractivity contribution >= 4 is 29.2 Å². The molecule has 1 aromatic carbocycles. The summed E-state index contributed by atoms with van der Waals surface area (Å²) >= 11 is 6.28. The van der Waals surface area contributed by atoms with E-state index in [0.717, 1.165) is 24.0 Å². The van der Waals surface area contributed by atoms with Gasteiger partial charge in [-0.15, -0.1) is 0 Å². The van der Waals surface area contributed by atoms with E-state index >= 15 is 0 Å². The van der Waals surface area contributed by atoms with E-state index in [1.54, 1.807) is 6.07 Å². The van der Waals surface area contributed by atoms with Crippen LogP contribution in [0.25, 0.3) is 0 Å². The number of carbonyl (C=O) groups is 2. The van der Waals surface area contributed by atoms with Crippen molar-refractivity contribution in [1.82, 2.24) is 10.3 Å². The number of benzene rings is 1. The van der Waals surface area contributed by atoms with Gasteiger partial charge in [-0.3, -0.25) is 9.78 Å². The molecule has 2 aromatic rings. The van der Waals surface area contributed by atoms with Gasteiger partial charge in [0.25, 0.3) is 0 Å². The van der Waals surface area contributed by atoms with Crippen molar-refractivity contribution in [2.45, 2.75) is 37.4 Å². The zero-order valence-corrected chi connectivity index (χ0v) is 15.9. The summed E-state index contributed by atoms with van der Waals surface area (Å²) in [6, 6.07) is 6.85. The van der Waals surface area contributed by atoms with Crippen molar-refractivity contribution in [3.63, 3.8) is 0 Å². The van der Waals surface area contributed by atoms with Crippen molar-refractivity contribution in [1.29, 1.82) is 0 Å². The fourth-order valence-corrected chi connectivity index (χ4v) is 4.53. The van der Waals surface area contributed by atoms with Gasteiger partial charge in [0, 0.05) is 17.3 Å². The van der Waals surface area contributed by atoms with Gasteiger partial charge in [0.1, 0.15) is 0 Å². The van der Waals surface area contributed by atoms with Crippen LogP contribution in [0, 0.1) is 5.92 Å². The Kier molecular flexibility index (Phi) is 4.98. The standard InChI is InChI=1S/C20H17ClF3N3O2/c21-15-4-2-1-3-12(15)11-5-6-13-16(9-11)26-19(29)27(18(13)28)17-10-25-8-7-14(17)20(22,23)24/h1-4,7-8,10-11,13,16H,5-6,9H2,(H,26,29). The largest absolute Gasteiger partial charge is 0.418 e. The number of urea groups is 1. The Hall–Kier alpha value is -2.61. The lowest BCUT2D eigenvalue weighted by Crippen LogP contribution is -2.62. The van der Waals surface area contributed by atoms with Crippen molar-refractivity contribution in [2.24, 2.45) is 5.92 Å². The Morgan fingerprint density at radius 2 is 1.90 bits per heavy atom. The average Bonchev–Trinajstić information content (AvgIpc) is 2.67. The van der Waals surface area contributed by atoms with E-state index in [9.17, 15) is 22.8 Å². The molecular formula is C20H17ClF3N3O2. The van der Waals surface area contributed by atoms with Crippen molar-refractivity contribution in [3.05, 3.63) is 58.9 Å². The van der Waals surface area contributed by atoms with Crippen molar-refractivity contribution in [3.8, 4) is 0 Å². The summed E-state index contributed by atoms with van der Waals surface area (Å²) in [4.78, 5) is 29.9. The number of imide groups is 1. The number of hydrogen-bond donors (Lipinski definition) is 1. The maximum absolute atomic E-state index is 13.4. The zero-order valence-electron chi connectivity index (χ0n) is 15.1. The minimum absolute atomic E-state index is 0.0636. The fraction of sp³-hybridized carbons (Fsp3) is 0.350. The van der Waals surface area contributed by atoms with E-state index in [-0.39, 0.29) is 5.92 Å². The number of halogens is 4. The first-order valence-electron chi connectivity index (χ1n) is 9.17. The molecule has 1 aromatic heterocycles. The van der Waals surface area contributed by atoms with Crippen molar-refractivity contribution < 1.29 is 22.8 Å². The van der Waals surface area contributed by atoms with Crippen LogP contribution in [-0.4, -0.2) is 23.0 Å². The lowest BCUT2D eigenvalue weighted by atomic mass is 9.74. The molecule has 0 spiro atoms. The highest BCUT2D eigenvalue weighted by molar-refractivity contribution is 6.31. The first kappa shape index (κ1) is 19.7. The number of pyridine rings is 1. The summed E-state index contributed by atoms with van der Waals surface area (Å²) in [5, 5.41) is 3.34. The van der Waals surface area contributed by atoms with Gasteiger partial charge >= 0.3 is 12.2 Å². The highest BCUT2D eigenvalue weighted by Crippen LogP contribution is 2.43. The number of aromatic nitrogens is 1. The summed E-state index contributed by atoms with van der Waals surface area (Å²) in [5.41, 5.74) is -0.670. The first-order valence-corrected chi connectivity index (χ1v) is 9.55. The number of fused-ring (bicyclic) bond motifs is 1. The van der Waals surface area contributed by atoms with Gasteiger partial charge in [0.2, 0.25) is 5.91 Å². The molecule has 1 aliphatic carbocycles. The number of anilines is 1. The van der Waals surface area contributed by atoms with Crippen LogP contribution in [-0.2, 0) is 11.0 Å². The third kappa shape index (κ3) is 3.57. The molecule has 29 heavy (non-hydrogen) atoms. The van der Waals surface area contributed by atoms with Crippen LogP contribution in [0.1, 0.15) is 36.3 Å². The highest BCUT2D eigenvalue weighted by Gasteiger charge is 2.47. The predicted molar refractivity (Wildman–Crippen MR) is 101 cm³/mol. The van der Waals surface area contributed by atoms with Gasteiger partial charge in [-0.05, 0) is 42.9 Å². The molecule has 1 N–H and O–H groups in total. The molecule has 2 aliphatic rings. The third-order valence-corrected chi connectivity index (χ3v) is 5.94. The van der Waals surface area contributed by atoms with Crippen LogP contribution in [0.15, 0.2) is 42.7 Å². The van der Waals surface area contributed by atoms with E-state index < -0.39 is 41.3 Å². The van der Waals surface area contributed by atoms with Crippen LogP contribution in [0.2, 0.25) is 5.02 Å². The minimum Gasteiger partial charge on any atom is -0.334 e. The second kappa shape index (κ2) is 7.33. The van der Waals surface area contributed by atoms with E-state index in [4.69, 9.17) is 11.6 Å². The number of rotatable bonds is 2. The summed E-state index contributed by atoms with van der Waals surface area (Å²) in [6.07, 6.45) is -1.24. The van der Waals surface area contributed by atoms with E-state index in [1.807, 2.05) is 18.2 Å². The van der Waals surface area contributed by atoms with Crippen molar-refractivity contribution in [2.75, 3.05) is 4.90 Å². The van der Waals surface area contributed by atoms with E-state index in [1.165, 1.54) is 0 Å². The van der Waals surface area contributed by atoms with Gasteiger partial charge in [0.15, 0.2) is 0 Å². The number of nitrogens with zero attached hydrogens (tertiary/aromatic N) is 2. The normalized spacial score (nSPS) is 24.8. The van der Waals surface area contributed by atoms with Gasteiger partial charge in [-0.1, -0.05) is 29.8 Å². The lowest BCUT2D eigenvalue weighted by molar-refractivity contribution is -0.137. The highest BCUT2D eigenvalue weighted by atomic mass is 35.5. The van der Waals surface area contributed by atoms with Gasteiger partial charge in [-0.2, -0.15) is 13.2 Å². The van der Waals surface area contributed by atoms with Crippen LogP contribution in [0.4, 0.5) is 23.7 Å². The minimum atomic E-state index is -4.71. The third-order valence-electron chi connectivity index (χ3n) is 5.59. The molecule has 3 atom stereocenters. The molecule has 5 nitrogen and oxygen atoms in total. The smallest absolute Gasteiger partial charge is 0.334 e. The molecule has 2 fully saturated rings. The topological polar surface area (TPSA) is 62.3 Å². The molecule has 4 rings (SSSR count). The summed E-state index contributed by atoms with van der Waals surface area (Å²) in [6.45, 7) is 0. The van der Waals surface area contributed by atoms with Crippen LogP contribution in [0.3, 0.4) is 0 Å². The molecule has 1 saturated carbocycles. The second-order valence-electron chi connectivity index (χ2n) is 7.26. The maximum atomic E-state index is 13.4. The quantitative estimate of drug-likeness (QED) is 0.757. The molecule has 152 valence electrons.